The van der Waals surface area contributed by atoms with E-state index in [0.717, 1.165) is 19.5 Å². The third-order valence-electron chi connectivity index (χ3n) is 3.57. The standard InChI is InChI=1S/C15H19F3N2O3/c1-20(11-6-7-19-8-11)14(21)9-22-12-4-2-3-5-13(12)23-10-15(16,17)18/h2-5,11,19H,6-10H2,1H3. The zero-order chi connectivity index (χ0) is 16.9. The fraction of sp³-hybridized carbons (Fsp3) is 0.533. The van der Waals surface area contributed by atoms with E-state index >= 15 is 0 Å². The highest BCUT2D eigenvalue weighted by Gasteiger charge is 2.29. The van der Waals surface area contributed by atoms with Gasteiger partial charge >= 0.3 is 6.18 Å². The minimum absolute atomic E-state index is 0.0391. The number of carbonyl (C=O) groups is 1. The molecular formula is C15H19F3N2O3. The molecule has 1 heterocycles. The minimum Gasteiger partial charge on any atom is -0.480 e. The van der Waals surface area contributed by atoms with Crippen molar-refractivity contribution in [3.8, 4) is 11.5 Å². The quantitative estimate of drug-likeness (QED) is 0.863. The Morgan fingerprint density at radius 2 is 1.96 bits per heavy atom. The lowest BCUT2D eigenvalue weighted by molar-refractivity contribution is -0.153. The predicted octanol–water partition coefficient (Wildman–Crippen LogP) is 1.83. The Morgan fingerprint density at radius 3 is 2.52 bits per heavy atom. The maximum Gasteiger partial charge on any atom is 0.422 e. The van der Waals surface area contributed by atoms with Crippen molar-refractivity contribution in [1.29, 1.82) is 0 Å². The summed E-state index contributed by atoms with van der Waals surface area (Å²) in [7, 11) is 1.69. The molecule has 2 rings (SSSR count). The molecule has 1 unspecified atom stereocenters. The second-order valence-electron chi connectivity index (χ2n) is 5.29. The summed E-state index contributed by atoms with van der Waals surface area (Å²) in [5.74, 6) is -0.157. The molecule has 1 atom stereocenters. The van der Waals surface area contributed by atoms with Crippen molar-refractivity contribution in [2.75, 3.05) is 33.4 Å². The predicted molar refractivity (Wildman–Crippen MR) is 77.5 cm³/mol. The Labute approximate surface area is 132 Å². The van der Waals surface area contributed by atoms with Crippen LogP contribution in [0.5, 0.6) is 11.5 Å². The second kappa shape index (κ2) is 7.54. The van der Waals surface area contributed by atoms with Gasteiger partial charge in [0.2, 0.25) is 0 Å². The van der Waals surface area contributed by atoms with Gasteiger partial charge in [-0.15, -0.1) is 0 Å². The first-order chi connectivity index (χ1) is 10.9. The van der Waals surface area contributed by atoms with Crippen LogP contribution in [-0.4, -0.2) is 56.4 Å². The SMILES string of the molecule is CN(C(=O)COc1ccccc1OCC(F)(F)F)C1CCNC1. The lowest BCUT2D eigenvalue weighted by Crippen LogP contribution is -2.40. The molecule has 1 aromatic rings. The van der Waals surface area contributed by atoms with Gasteiger partial charge in [0.1, 0.15) is 0 Å². The van der Waals surface area contributed by atoms with Crippen LogP contribution >= 0.6 is 0 Å². The molecule has 0 aromatic heterocycles. The molecule has 23 heavy (non-hydrogen) atoms. The highest BCUT2D eigenvalue weighted by Crippen LogP contribution is 2.28. The molecule has 0 aliphatic carbocycles. The van der Waals surface area contributed by atoms with E-state index in [-0.39, 0.29) is 30.1 Å². The van der Waals surface area contributed by atoms with Crippen molar-refractivity contribution in [3.63, 3.8) is 0 Å². The fourth-order valence-corrected chi connectivity index (χ4v) is 2.26. The molecule has 0 radical (unpaired) electrons. The maximum atomic E-state index is 12.2. The van der Waals surface area contributed by atoms with Crippen molar-refractivity contribution >= 4 is 5.91 Å². The van der Waals surface area contributed by atoms with Gasteiger partial charge in [0.05, 0.1) is 0 Å². The van der Waals surface area contributed by atoms with Gasteiger partial charge < -0.3 is 19.7 Å². The summed E-state index contributed by atoms with van der Waals surface area (Å²) >= 11 is 0. The van der Waals surface area contributed by atoms with Crippen molar-refractivity contribution in [2.24, 2.45) is 0 Å². The second-order valence-corrected chi connectivity index (χ2v) is 5.29. The number of amides is 1. The van der Waals surface area contributed by atoms with Gasteiger partial charge in [0, 0.05) is 19.6 Å². The van der Waals surface area contributed by atoms with Crippen LogP contribution in [0.1, 0.15) is 6.42 Å². The summed E-state index contributed by atoms with van der Waals surface area (Å²) in [6.07, 6.45) is -3.56. The van der Waals surface area contributed by atoms with Gasteiger partial charge in [-0.2, -0.15) is 13.2 Å². The topological polar surface area (TPSA) is 50.8 Å². The first-order valence-corrected chi connectivity index (χ1v) is 7.24. The van der Waals surface area contributed by atoms with E-state index in [4.69, 9.17) is 9.47 Å². The van der Waals surface area contributed by atoms with Crippen LogP contribution < -0.4 is 14.8 Å². The molecule has 8 heteroatoms. The monoisotopic (exact) mass is 332 g/mol. The van der Waals surface area contributed by atoms with Gasteiger partial charge in [-0.3, -0.25) is 4.79 Å². The molecule has 1 N–H and O–H groups in total. The summed E-state index contributed by atoms with van der Waals surface area (Å²) in [5.41, 5.74) is 0. The Morgan fingerprint density at radius 1 is 1.30 bits per heavy atom. The Hall–Kier alpha value is -1.96. The molecule has 1 aromatic carbocycles. The van der Waals surface area contributed by atoms with Gasteiger partial charge in [0.25, 0.3) is 5.91 Å². The van der Waals surface area contributed by atoms with Crippen molar-refractivity contribution in [1.82, 2.24) is 10.2 Å². The molecule has 0 spiro atoms. The lowest BCUT2D eigenvalue weighted by atomic mass is 10.2. The third-order valence-corrected chi connectivity index (χ3v) is 3.57. The van der Waals surface area contributed by atoms with Crippen molar-refractivity contribution in [3.05, 3.63) is 24.3 Å². The summed E-state index contributed by atoms with van der Waals surface area (Å²) < 4.78 is 46.7. The third kappa shape index (κ3) is 5.31. The van der Waals surface area contributed by atoms with Crippen LogP contribution in [-0.2, 0) is 4.79 Å². The molecule has 0 saturated carbocycles. The Bertz CT molecular complexity index is 531. The highest BCUT2D eigenvalue weighted by atomic mass is 19.4. The molecule has 1 aliphatic rings. The molecule has 0 bridgehead atoms. The summed E-state index contributed by atoms with van der Waals surface area (Å²) in [5, 5.41) is 3.16. The van der Waals surface area contributed by atoms with E-state index in [2.05, 4.69) is 5.32 Å². The largest absolute Gasteiger partial charge is 0.480 e. The Kier molecular flexibility index (Phi) is 5.70. The van der Waals surface area contributed by atoms with Crippen LogP contribution in [0.3, 0.4) is 0 Å². The highest BCUT2D eigenvalue weighted by molar-refractivity contribution is 5.78. The number of rotatable bonds is 6. The van der Waals surface area contributed by atoms with Crippen LogP contribution in [0.4, 0.5) is 13.2 Å². The molecule has 1 saturated heterocycles. The zero-order valence-corrected chi connectivity index (χ0v) is 12.7. The summed E-state index contributed by atoms with van der Waals surface area (Å²) in [4.78, 5) is 13.7. The van der Waals surface area contributed by atoms with Gasteiger partial charge in [-0.1, -0.05) is 12.1 Å². The summed E-state index contributed by atoms with van der Waals surface area (Å²) in [6.45, 7) is -0.0703. The van der Waals surface area contributed by atoms with Crippen LogP contribution in [0.25, 0.3) is 0 Å². The van der Waals surface area contributed by atoms with Crippen LogP contribution in [0.2, 0.25) is 0 Å². The fourth-order valence-electron chi connectivity index (χ4n) is 2.26. The number of nitrogens with zero attached hydrogens (tertiary/aromatic N) is 1. The van der Waals surface area contributed by atoms with Crippen molar-refractivity contribution < 1.29 is 27.4 Å². The number of alkyl halides is 3. The number of nitrogens with one attached hydrogen (secondary N) is 1. The molecule has 1 amide bonds. The molecule has 128 valence electrons. The number of carbonyl (C=O) groups excluding carboxylic acids is 1. The van der Waals surface area contributed by atoms with Gasteiger partial charge in [0.15, 0.2) is 24.7 Å². The zero-order valence-electron chi connectivity index (χ0n) is 12.7. The average Bonchev–Trinajstić information content (AvgIpc) is 3.04. The number of halogens is 3. The van der Waals surface area contributed by atoms with Crippen molar-refractivity contribution in [2.45, 2.75) is 18.6 Å². The number of hydrogen-bond acceptors (Lipinski definition) is 4. The molecule has 5 nitrogen and oxygen atoms in total. The number of para-hydroxylation sites is 2. The molecule has 1 fully saturated rings. The van der Waals surface area contributed by atoms with E-state index < -0.39 is 12.8 Å². The van der Waals surface area contributed by atoms with E-state index in [1.54, 1.807) is 18.0 Å². The van der Waals surface area contributed by atoms with Crippen LogP contribution in [0, 0.1) is 0 Å². The number of ether oxygens (including phenoxy) is 2. The Balaban J connectivity index is 1.90. The maximum absolute atomic E-state index is 12.2. The van der Waals surface area contributed by atoms with Gasteiger partial charge in [-0.25, -0.2) is 0 Å². The average molecular weight is 332 g/mol. The number of likely N-dealkylation sites (N-methyl/N-ethyl adjacent to an activating group) is 1. The lowest BCUT2D eigenvalue weighted by Gasteiger charge is -2.24. The first kappa shape index (κ1) is 17.4. The van der Waals surface area contributed by atoms with E-state index in [0.29, 0.717) is 0 Å². The number of hydrogen-bond donors (Lipinski definition) is 1. The molecular weight excluding hydrogens is 313 g/mol. The van der Waals surface area contributed by atoms with E-state index in [1.165, 1.54) is 18.2 Å². The number of benzene rings is 1. The van der Waals surface area contributed by atoms with Gasteiger partial charge in [-0.05, 0) is 25.1 Å². The summed E-state index contributed by atoms with van der Waals surface area (Å²) in [6, 6.07) is 6.09. The smallest absolute Gasteiger partial charge is 0.422 e. The minimum atomic E-state index is -4.43. The first-order valence-electron chi connectivity index (χ1n) is 7.24. The van der Waals surface area contributed by atoms with E-state index in [9.17, 15) is 18.0 Å². The van der Waals surface area contributed by atoms with Crippen LogP contribution in [0.15, 0.2) is 24.3 Å². The normalized spacial score (nSPS) is 17.8. The van der Waals surface area contributed by atoms with E-state index in [1.807, 2.05) is 0 Å². The molecule has 1 aliphatic heterocycles.